The fraction of sp³-hybridized carbons (Fsp3) is 0.333. The van der Waals surface area contributed by atoms with Crippen molar-refractivity contribution in [2.75, 3.05) is 11.9 Å². The van der Waals surface area contributed by atoms with Gasteiger partial charge in [0.2, 0.25) is 0 Å². The first-order valence-corrected chi connectivity index (χ1v) is 6.29. The van der Waals surface area contributed by atoms with E-state index in [1.54, 1.807) is 19.1 Å². The van der Waals surface area contributed by atoms with E-state index in [1.807, 2.05) is 12.1 Å². The maximum atomic E-state index is 11.7. The van der Waals surface area contributed by atoms with E-state index < -0.39 is 18.2 Å². The molecule has 1 N–H and O–H groups in total. The Bertz CT molecular complexity index is 460. The van der Waals surface area contributed by atoms with Crippen molar-refractivity contribution < 1.29 is 19.1 Å². The van der Waals surface area contributed by atoms with Gasteiger partial charge in [-0.1, -0.05) is 15.9 Å². The van der Waals surface area contributed by atoms with Crippen molar-refractivity contribution in [1.29, 1.82) is 0 Å². The topological polar surface area (TPSA) is 67.9 Å². The molecule has 2 unspecified atom stereocenters. The molecular weight excluding hydrogens is 302 g/mol. The number of hydrogen-bond donors (Lipinski definition) is 1. The summed E-state index contributed by atoms with van der Waals surface area (Å²) in [5.74, 6) is -0.830. The number of hydrogen-bond acceptors (Lipinski definition) is 4. The molecule has 2 atom stereocenters. The number of rotatable bonds is 4. The second kappa shape index (κ2) is 5.49. The Morgan fingerprint density at radius 1 is 1.33 bits per heavy atom. The van der Waals surface area contributed by atoms with E-state index in [2.05, 4.69) is 21.2 Å². The zero-order chi connectivity index (χ0) is 13.1. The van der Waals surface area contributed by atoms with Crippen LogP contribution in [0.4, 0.5) is 5.69 Å². The molecule has 0 bridgehead atoms. The average Bonchev–Trinajstić information content (AvgIpc) is 3.12. The number of halogens is 1. The van der Waals surface area contributed by atoms with Crippen LogP contribution in [-0.2, 0) is 19.1 Å². The predicted octanol–water partition coefficient (Wildman–Crippen LogP) is 1.72. The second-order valence-electron chi connectivity index (χ2n) is 3.73. The first kappa shape index (κ1) is 13.0. The van der Waals surface area contributed by atoms with Gasteiger partial charge in [0.1, 0.15) is 0 Å². The molecule has 1 heterocycles. The van der Waals surface area contributed by atoms with Crippen molar-refractivity contribution in [2.45, 2.75) is 19.1 Å². The van der Waals surface area contributed by atoms with E-state index in [1.165, 1.54) is 0 Å². The highest BCUT2D eigenvalue weighted by atomic mass is 79.9. The molecule has 1 aliphatic heterocycles. The van der Waals surface area contributed by atoms with Crippen molar-refractivity contribution in [3.8, 4) is 0 Å². The fourth-order valence-electron chi connectivity index (χ4n) is 1.46. The number of carbonyl (C=O) groups excluding carboxylic acids is 2. The molecule has 1 fully saturated rings. The lowest BCUT2D eigenvalue weighted by Crippen LogP contribution is -2.23. The number of anilines is 1. The zero-order valence-corrected chi connectivity index (χ0v) is 11.3. The number of benzene rings is 1. The van der Waals surface area contributed by atoms with Crippen LogP contribution in [0.2, 0.25) is 0 Å². The molecule has 2 rings (SSSR count). The molecule has 96 valence electrons. The summed E-state index contributed by atoms with van der Waals surface area (Å²) in [5, 5.41) is 2.67. The molecule has 1 aromatic carbocycles. The zero-order valence-electron chi connectivity index (χ0n) is 9.68. The molecule has 0 radical (unpaired) electrons. The molecule has 1 aromatic rings. The monoisotopic (exact) mass is 313 g/mol. The third-order valence-electron chi connectivity index (χ3n) is 2.38. The number of carbonyl (C=O) groups is 2. The van der Waals surface area contributed by atoms with Crippen LogP contribution in [0, 0.1) is 0 Å². The summed E-state index contributed by atoms with van der Waals surface area (Å²) in [4.78, 5) is 23.0. The third kappa shape index (κ3) is 3.08. The van der Waals surface area contributed by atoms with Crippen LogP contribution in [0.15, 0.2) is 28.7 Å². The number of nitrogens with one attached hydrogen (secondary N) is 1. The maximum Gasteiger partial charge on any atom is 0.338 e. The maximum absolute atomic E-state index is 11.7. The van der Waals surface area contributed by atoms with Gasteiger partial charge in [0.25, 0.3) is 5.91 Å². The van der Waals surface area contributed by atoms with Crippen LogP contribution in [0.1, 0.15) is 6.92 Å². The van der Waals surface area contributed by atoms with E-state index in [0.29, 0.717) is 5.69 Å². The summed E-state index contributed by atoms with van der Waals surface area (Å²) >= 11 is 3.30. The smallest absolute Gasteiger partial charge is 0.338 e. The second-order valence-corrected chi connectivity index (χ2v) is 4.64. The highest BCUT2D eigenvalue weighted by Gasteiger charge is 2.51. The van der Waals surface area contributed by atoms with Crippen LogP contribution in [0.3, 0.4) is 0 Å². The summed E-state index contributed by atoms with van der Waals surface area (Å²) in [6, 6.07) is 7.13. The van der Waals surface area contributed by atoms with E-state index in [-0.39, 0.29) is 12.5 Å². The molecule has 0 saturated carbocycles. The van der Waals surface area contributed by atoms with Gasteiger partial charge in [0.05, 0.1) is 6.61 Å². The Balaban J connectivity index is 1.87. The Kier molecular flexibility index (Phi) is 3.98. The summed E-state index contributed by atoms with van der Waals surface area (Å²) < 4.78 is 10.7. The van der Waals surface area contributed by atoms with Gasteiger partial charge in [-0.05, 0) is 31.2 Å². The van der Waals surface area contributed by atoms with Gasteiger partial charge in [-0.2, -0.15) is 0 Å². The van der Waals surface area contributed by atoms with Gasteiger partial charge in [0.15, 0.2) is 12.2 Å². The molecule has 0 aromatic heterocycles. The summed E-state index contributed by atoms with van der Waals surface area (Å²) in [7, 11) is 0. The average molecular weight is 314 g/mol. The Labute approximate surface area is 113 Å². The standard InChI is InChI=1S/C12H12BrNO4/c1-2-17-12(16)10-9(18-10)11(15)14-8-5-3-7(13)4-6-8/h3-6,9-10H,2H2,1H3,(H,14,15). The quantitative estimate of drug-likeness (QED) is 0.679. The van der Waals surface area contributed by atoms with E-state index in [4.69, 9.17) is 9.47 Å². The number of amides is 1. The lowest BCUT2D eigenvalue weighted by molar-refractivity contribution is -0.144. The molecule has 0 spiro atoms. The molecule has 5 nitrogen and oxygen atoms in total. The fourth-order valence-corrected chi connectivity index (χ4v) is 1.73. The lowest BCUT2D eigenvalue weighted by atomic mass is 10.2. The van der Waals surface area contributed by atoms with Crippen molar-refractivity contribution in [3.63, 3.8) is 0 Å². The molecular formula is C12H12BrNO4. The van der Waals surface area contributed by atoms with Gasteiger partial charge in [-0.15, -0.1) is 0 Å². The lowest BCUT2D eigenvalue weighted by Gasteiger charge is -2.02. The first-order chi connectivity index (χ1) is 8.61. The molecule has 0 aliphatic carbocycles. The van der Waals surface area contributed by atoms with Crippen LogP contribution < -0.4 is 5.32 Å². The molecule has 1 amide bonds. The van der Waals surface area contributed by atoms with Gasteiger partial charge in [-0.25, -0.2) is 4.79 Å². The Morgan fingerprint density at radius 2 is 2.00 bits per heavy atom. The molecule has 1 saturated heterocycles. The minimum Gasteiger partial charge on any atom is -0.464 e. The van der Waals surface area contributed by atoms with Crippen LogP contribution in [-0.4, -0.2) is 30.7 Å². The van der Waals surface area contributed by atoms with Crippen LogP contribution in [0.25, 0.3) is 0 Å². The van der Waals surface area contributed by atoms with Crippen LogP contribution in [0.5, 0.6) is 0 Å². The Morgan fingerprint density at radius 3 is 2.61 bits per heavy atom. The summed E-state index contributed by atoms with van der Waals surface area (Å²) in [5.41, 5.74) is 0.654. The van der Waals surface area contributed by atoms with E-state index in [0.717, 1.165) is 4.47 Å². The van der Waals surface area contributed by atoms with Crippen LogP contribution >= 0.6 is 15.9 Å². The van der Waals surface area contributed by atoms with Gasteiger partial charge in [0, 0.05) is 10.2 Å². The van der Waals surface area contributed by atoms with Gasteiger partial charge in [-0.3, -0.25) is 4.79 Å². The highest BCUT2D eigenvalue weighted by Crippen LogP contribution is 2.25. The SMILES string of the molecule is CCOC(=O)C1OC1C(=O)Nc1ccc(Br)cc1. The third-order valence-corrected chi connectivity index (χ3v) is 2.91. The van der Waals surface area contributed by atoms with Crippen molar-refractivity contribution in [1.82, 2.24) is 0 Å². The molecule has 18 heavy (non-hydrogen) atoms. The number of ether oxygens (including phenoxy) is 2. The Hall–Kier alpha value is -1.40. The minimum atomic E-state index is -0.764. The summed E-state index contributed by atoms with van der Waals surface area (Å²) in [6.07, 6.45) is -1.51. The normalized spacial score (nSPS) is 21.2. The highest BCUT2D eigenvalue weighted by molar-refractivity contribution is 9.10. The first-order valence-electron chi connectivity index (χ1n) is 5.50. The van der Waals surface area contributed by atoms with E-state index >= 15 is 0 Å². The largest absolute Gasteiger partial charge is 0.464 e. The van der Waals surface area contributed by atoms with Crippen molar-refractivity contribution in [3.05, 3.63) is 28.7 Å². The molecule has 1 aliphatic rings. The van der Waals surface area contributed by atoms with Crippen molar-refractivity contribution >= 4 is 33.5 Å². The van der Waals surface area contributed by atoms with E-state index in [9.17, 15) is 9.59 Å². The minimum absolute atomic E-state index is 0.278. The molecule has 6 heteroatoms. The van der Waals surface area contributed by atoms with Crippen molar-refractivity contribution in [2.24, 2.45) is 0 Å². The van der Waals surface area contributed by atoms with Gasteiger partial charge < -0.3 is 14.8 Å². The summed E-state index contributed by atoms with van der Waals surface area (Å²) in [6.45, 7) is 1.98. The number of esters is 1. The predicted molar refractivity (Wildman–Crippen MR) is 68.1 cm³/mol. The van der Waals surface area contributed by atoms with Gasteiger partial charge >= 0.3 is 5.97 Å². The number of epoxide rings is 1.